The molecule has 7 heteroatoms. The summed E-state index contributed by atoms with van der Waals surface area (Å²) in [6.07, 6.45) is 6.58. The maximum absolute atomic E-state index is 12.2. The van der Waals surface area contributed by atoms with E-state index in [1.54, 1.807) is 11.0 Å². The highest BCUT2D eigenvalue weighted by Gasteiger charge is 2.27. The van der Waals surface area contributed by atoms with E-state index in [1.165, 1.54) is 0 Å². The summed E-state index contributed by atoms with van der Waals surface area (Å²) >= 11 is 3.43. The summed E-state index contributed by atoms with van der Waals surface area (Å²) < 4.78 is 4.66. The first-order valence-corrected chi connectivity index (χ1v) is 7.43. The minimum absolute atomic E-state index is 0.0430. The Balaban J connectivity index is 1.59. The molecule has 0 spiro atoms. The second-order valence-electron chi connectivity index (χ2n) is 5.02. The molecule has 1 amide bonds. The Morgan fingerprint density at radius 2 is 2.35 bits per heavy atom. The van der Waals surface area contributed by atoms with Crippen LogP contribution < -0.4 is 5.32 Å². The van der Waals surface area contributed by atoms with Crippen molar-refractivity contribution in [3.8, 4) is 0 Å². The van der Waals surface area contributed by atoms with Crippen molar-refractivity contribution in [1.82, 2.24) is 24.6 Å². The van der Waals surface area contributed by atoms with E-state index in [1.807, 2.05) is 19.3 Å². The zero-order valence-electron chi connectivity index (χ0n) is 11.2. The molecule has 1 fully saturated rings. The molecule has 0 aromatic carbocycles. The number of carbonyl (C=O) groups excluding carboxylic acids is 1. The summed E-state index contributed by atoms with van der Waals surface area (Å²) in [4.78, 5) is 16.3. The van der Waals surface area contributed by atoms with Crippen LogP contribution in [-0.2, 0) is 13.5 Å². The zero-order valence-corrected chi connectivity index (χ0v) is 12.8. The van der Waals surface area contributed by atoms with Crippen LogP contribution in [0.3, 0.4) is 0 Å². The van der Waals surface area contributed by atoms with Crippen LogP contribution in [0.1, 0.15) is 35.2 Å². The number of hydrogen-bond acceptors (Lipinski definition) is 3. The van der Waals surface area contributed by atoms with Gasteiger partial charge in [0.1, 0.15) is 12.0 Å². The van der Waals surface area contributed by atoms with Crippen LogP contribution in [0.2, 0.25) is 0 Å². The lowest BCUT2D eigenvalue weighted by molar-refractivity contribution is 0.0944. The maximum atomic E-state index is 12.2. The molecule has 1 saturated carbocycles. The number of rotatable bonds is 5. The van der Waals surface area contributed by atoms with Gasteiger partial charge in [0.15, 0.2) is 5.82 Å². The SMILES string of the molecule is Cn1cnc(CCNC(=O)c2cc(Br)cn2C2CC2)n1. The zero-order chi connectivity index (χ0) is 14.1. The lowest BCUT2D eigenvalue weighted by Crippen LogP contribution is -2.28. The fourth-order valence-corrected chi connectivity index (χ4v) is 2.60. The number of hydrogen-bond donors (Lipinski definition) is 1. The third kappa shape index (κ3) is 2.92. The van der Waals surface area contributed by atoms with Crippen molar-refractivity contribution in [1.29, 1.82) is 0 Å². The number of halogens is 1. The van der Waals surface area contributed by atoms with Gasteiger partial charge in [0.2, 0.25) is 0 Å². The van der Waals surface area contributed by atoms with E-state index in [0.717, 1.165) is 23.1 Å². The van der Waals surface area contributed by atoms with Crippen LogP contribution in [0, 0.1) is 0 Å². The monoisotopic (exact) mass is 337 g/mol. The van der Waals surface area contributed by atoms with Gasteiger partial charge in [-0.3, -0.25) is 9.48 Å². The van der Waals surface area contributed by atoms with Gasteiger partial charge in [0.05, 0.1) is 0 Å². The Morgan fingerprint density at radius 3 is 3.00 bits per heavy atom. The first kappa shape index (κ1) is 13.4. The van der Waals surface area contributed by atoms with E-state index < -0.39 is 0 Å². The molecular weight excluding hydrogens is 322 g/mol. The van der Waals surface area contributed by atoms with E-state index in [9.17, 15) is 4.79 Å². The highest BCUT2D eigenvalue weighted by atomic mass is 79.9. The molecule has 2 heterocycles. The van der Waals surface area contributed by atoms with Crippen molar-refractivity contribution in [2.45, 2.75) is 25.3 Å². The van der Waals surface area contributed by atoms with Crippen LogP contribution in [0.25, 0.3) is 0 Å². The highest BCUT2D eigenvalue weighted by Crippen LogP contribution is 2.37. The van der Waals surface area contributed by atoms with Gasteiger partial charge in [-0.05, 0) is 34.8 Å². The Labute approximate surface area is 125 Å². The molecule has 1 aliphatic rings. The minimum Gasteiger partial charge on any atom is -0.350 e. The van der Waals surface area contributed by atoms with E-state index >= 15 is 0 Å². The lowest BCUT2D eigenvalue weighted by Gasteiger charge is -2.07. The lowest BCUT2D eigenvalue weighted by atomic mass is 10.3. The number of carbonyl (C=O) groups is 1. The van der Waals surface area contributed by atoms with E-state index in [4.69, 9.17) is 0 Å². The van der Waals surface area contributed by atoms with Crippen molar-refractivity contribution in [3.63, 3.8) is 0 Å². The summed E-state index contributed by atoms with van der Waals surface area (Å²) in [6, 6.07) is 2.35. The molecule has 0 saturated heterocycles. The molecule has 106 valence electrons. The standard InChI is InChI=1S/C13H16BrN5O/c1-18-8-16-12(17-18)4-5-15-13(20)11-6-9(14)7-19(11)10-2-3-10/h6-8,10H,2-5H2,1H3,(H,15,20). The van der Waals surface area contributed by atoms with Gasteiger partial charge < -0.3 is 9.88 Å². The van der Waals surface area contributed by atoms with Gasteiger partial charge in [-0.1, -0.05) is 0 Å². The molecule has 1 N–H and O–H groups in total. The molecule has 0 atom stereocenters. The summed E-state index contributed by atoms with van der Waals surface area (Å²) in [5.41, 5.74) is 0.716. The van der Waals surface area contributed by atoms with Gasteiger partial charge in [-0.15, -0.1) is 0 Å². The normalized spacial score (nSPS) is 14.5. The average Bonchev–Trinajstić information content (AvgIpc) is 3.06. The van der Waals surface area contributed by atoms with E-state index in [0.29, 0.717) is 24.7 Å². The molecule has 1 aliphatic carbocycles. The Hall–Kier alpha value is -1.63. The fourth-order valence-electron chi connectivity index (χ4n) is 2.16. The molecule has 20 heavy (non-hydrogen) atoms. The molecule has 0 bridgehead atoms. The van der Waals surface area contributed by atoms with Crippen molar-refractivity contribution in [2.24, 2.45) is 7.05 Å². The predicted octanol–water partition coefficient (Wildman–Crippen LogP) is 1.69. The fraction of sp³-hybridized carbons (Fsp3) is 0.462. The number of amides is 1. The Morgan fingerprint density at radius 1 is 1.55 bits per heavy atom. The van der Waals surface area contributed by atoms with Crippen molar-refractivity contribution in [2.75, 3.05) is 6.54 Å². The van der Waals surface area contributed by atoms with Gasteiger partial charge in [0.25, 0.3) is 5.91 Å². The number of aryl methyl sites for hydroxylation is 1. The Bertz CT molecular complexity index is 628. The molecule has 0 unspecified atom stereocenters. The van der Waals surface area contributed by atoms with Crippen LogP contribution in [0.15, 0.2) is 23.1 Å². The molecule has 0 radical (unpaired) electrons. The second-order valence-corrected chi connectivity index (χ2v) is 5.94. The van der Waals surface area contributed by atoms with Crippen LogP contribution in [-0.4, -0.2) is 31.8 Å². The summed E-state index contributed by atoms with van der Waals surface area (Å²) in [5.74, 6) is 0.699. The van der Waals surface area contributed by atoms with Gasteiger partial charge in [0, 0.05) is 36.7 Å². The van der Waals surface area contributed by atoms with Crippen molar-refractivity contribution < 1.29 is 4.79 Å². The van der Waals surface area contributed by atoms with Crippen LogP contribution >= 0.6 is 15.9 Å². The third-order valence-corrected chi connectivity index (χ3v) is 3.70. The average molecular weight is 338 g/mol. The quantitative estimate of drug-likeness (QED) is 0.902. The van der Waals surface area contributed by atoms with Crippen LogP contribution in [0.4, 0.5) is 0 Å². The summed E-state index contributed by atoms with van der Waals surface area (Å²) in [7, 11) is 1.83. The number of aromatic nitrogens is 4. The highest BCUT2D eigenvalue weighted by molar-refractivity contribution is 9.10. The van der Waals surface area contributed by atoms with Crippen LogP contribution in [0.5, 0.6) is 0 Å². The first-order valence-electron chi connectivity index (χ1n) is 6.63. The molecule has 2 aromatic rings. The van der Waals surface area contributed by atoms with Gasteiger partial charge >= 0.3 is 0 Å². The van der Waals surface area contributed by atoms with E-state index in [-0.39, 0.29) is 5.91 Å². The number of nitrogens with one attached hydrogen (secondary N) is 1. The van der Waals surface area contributed by atoms with Gasteiger partial charge in [-0.25, -0.2) is 4.98 Å². The number of nitrogens with zero attached hydrogens (tertiary/aromatic N) is 4. The molecule has 6 nitrogen and oxygen atoms in total. The van der Waals surface area contributed by atoms with Crippen molar-refractivity contribution in [3.05, 3.63) is 34.6 Å². The largest absolute Gasteiger partial charge is 0.350 e. The van der Waals surface area contributed by atoms with Gasteiger partial charge in [-0.2, -0.15) is 5.10 Å². The smallest absolute Gasteiger partial charge is 0.267 e. The third-order valence-electron chi connectivity index (χ3n) is 3.27. The molecule has 3 rings (SSSR count). The first-order chi connectivity index (χ1) is 9.63. The maximum Gasteiger partial charge on any atom is 0.267 e. The van der Waals surface area contributed by atoms with Crippen molar-refractivity contribution >= 4 is 21.8 Å². The molecular formula is C13H16BrN5O. The molecule has 0 aliphatic heterocycles. The Kier molecular flexibility index (Phi) is 3.60. The molecule has 2 aromatic heterocycles. The minimum atomic E-state index is -0.0430. The second kappa shape index (κ2) is 5.40. The predicted molar refractivity (Wildman–Crippen MR) is 77.4 cm³/mol. The summed E-state index contributed by atoms with van der Waals surface area (Å²) in [6.45, 7) is 0.538. The topological polar surface area (TPSA) is 64.7 Å². The summed E-state index contributed by atoms with van der Waals surface area (Å²) in [5, 5.41) is 7.10. The van der Waals surface area contributed by atoms with E-state index in [2.05, 4.69) is 35.9 Å².